The second kappa shape index (κ2) is 15.6. The topological polar surface area (TPSA) is 149 Å². The van der Waals surface area contributed by atoms with Gasteiger partial charge in [-0.3, -0.25) is 29.7 Å². The predicted molar refractivity (Wildman–Crippen MR) is 232 cm³/mol. The zero-order valence-electron chi connectivity index (χ0n) is 35.4. The summed E-state index contributed by atoms with van der Waals surface area (Å²) in [5.74, 6) is 0.810. The van der Waals surface area contributed by atoms with Gasteiger partial charge in [0.2, 0.25) is 11.8 Å². The number of fused-ring (bicyclic) bond motifs is 2. The summed E-state index contributed by atoms with van der Waals surface area (Å²) in [6.45, 7) is 12.0. The maximum absolute atomic E-state index is 16.0. The first-order chi connectivity index (χ1) is 29.4. The van der Waals surface area contributed by atoms with Gasteiger partial charge in [-0.2, -0.15) is 5.10 Å². The second-order valence-electron chi connectivity index (χ2n) is 19.1. The number of piperidine rings is 2. The fraction of sp³-hybridized carbons (Fsp3) is 0.565. The summed E-state index contributed by atoms with van der Waals surface area (Å²) in [6, 6.07) is 10.8. The third kappa shape index (κ3) is 7.95. The van der Waals surface area contributed by atoms with Crippen LogP contribution in [0.2, 0.25) is 0 Å². The summed E-state index contributed by atoms with van der Waals surface area (Å²) in [5, 5.41) is 11.1. The molecule has 1 unspecified atom stereocenters. The van der Waals surface area contributed by atoms with E-state index in [0.717, 1.165) is 111 Å². The van der Waals surface area contributed by atoms with Crippen LogP contribution < -0.4 is 19.9 Å². The maximum Gasteiger partial charge on any atom is 0.255 e. The van der Waals surface area contributed by atoms with Crippen LogP contribution in [0.4, 0.5) is 15.9 Å². The lowest BCUT2D eigenvalue weighted by Crippen LogP contribution is -2.60. The Morgan fingerprint density at radius 1 is 0.885 bits per heavy atom. The molecule has 5 fully saturated rings. The van der Waals surface area contributed by atoms with Crippen molar-refractivity contribution in [2.45, 2.75) is 121 Å². The number of carbonyl (C=O) groups excluding carboxylic acids is 3. The minimum atomic E-state index is -0.765. The van der Waals surface area contributed by atoms with E-state index in [1.807, 2.05) is 12.1 Å². The molecular weight excluding hydrogens is 778 g/mol. The summed E-state index contributed by atoms with van der Waals surface area (Å²) in [6.07, 6.45) is 10.7. The molecule has 15 heteroatoms. The van der Waals surface area contributed by atoms with Crippen molar-refractivity contribution < 1.29 is 31.1 Å². The predicted octanol–water partition coefficient (Wildman–Crippen LogP) is 6.49. The van der Waals surface area contributed by atoms with Crippen LogP contribution in [0, 0.1) is 11.7 Å². The van der Waals surface area contributed by atoms with E-state index >= 15 is 4.39 Å². The van der Waals surface area contributed by atoms with Gasteiger partial charge in [-0.25, -0.2) is 14.4 Å². The molecule has 6 heterocycles. The number of hydrogen-bond donors (Lipinski definition) is 2. The van der Waals surface area contributed by atoms with E-state index in [4.69, 9.17) is 14.5 Å². The SMILES string of the molecule is CC1(Oc2ccc3[nH]nc(-c4cc(N5CCN(CC6CCC(OC7CCN(c8ccc9c(c8F)CN(C8CCC(=O)NC8=O)C9=O)CC7)CC6)C(C)(C)C5)ncn4)c3c2)CC1.[HH].[HH]. The lowest BCUT2D eigenvalue weighted by molar-refractivity contribution is -0.136. The summed E-state index contributed by atoms with van der Waals surface area (Å²) >= 11 is 0. The molecule has 2 saturated carbocycles. The Morgan fingerprint density at radius 2 is 1.67 bits per heavy atom. The van der Waals surface area contributed by atoms with Crippen LogP contribution in [0.25, 0.3) is 22.3 Å². The Bertz CT molecular complexity index is 2360. The highest BCUT2D eigenvalue weighted by Crippen LogP contribution is 2.41. The van der Waals surface area contributed by atoms with Crippen molar-refractivity contribution in [3.8, 4) is 17.1 Å². The van der Waals surface area contributed by atoms with Gasteiger partial charge in [-0.15, -0.1) is 0 Å². The van der Waals surface area contributed by atoms with Crippen LogP contribution >= 0.6 is 0 Å². The number of halogens is 1. The first kappa shape index (κ1) is 40.0. The van der Waals surface area contributed by atoms with Gasteiger partial charge in [0.05, 0.1) is 35.7 Å². The van der Waals surface area contributed by atoms with E-state index < -0.39 is 17.8 Å². The first-order valence-electron chi connectivity index (χ1n) is 22.3. The van der Waals surface area contributed by atoms with Crippen LogP contribution in [-0.2, 0) is 20.9 Å². The van der Waals surface area contributed by atoms with Gasteiger partial charge >= 0.3 is 0 Å². The number of ether oxygens (including phenoxy) is 2. The first-order valence-corrected chi connectivity index (χ1v) is 22.3. The molecule has 2 aromatic heterocycles. The molecule has 2 aliphatic carbocycles. The summed E-state index contributed by atoms with van der Waals surface area (Å²) in [4.78, 5) is 55.1. The zero-order valence-corrected chi connectivity index (χ0v) is 35.4. The number of carbonyl (C=O) groups is 3. The molecule has 61 heavy (non-hydrogen) atoms. The molecule has 4 aliphatic heterocycles. The minimum Gasteiger partial charge on any atom is -0.488 e. The molecule has 326 valence electrons. The van der Waals surface area contributed by atoms with Crippen LogP contribution in [0.5, 0.6) is 5.75 Å². The summed E-state index contributed by atoms with van der Waals surface area (Å²) in [5.41, 5.74) is 3.59. The Morgan fingerprint density at radius 3 is 2.43 bits per heavy atom. The smallest absolute Gasteiger partial charge is 0.255 e. The number of aromatic amines is 1. The fourth-order valence-electron chi connectivity index (χ4n) is 10.3. The number of imide groups is 1. The lowest BCUT2D eigenvalue weighted by Gasteiger charge is -2.49. The molecule has 14 nitrogen and oxygen atoms in total. The highest BCUT2D eigenvalue weighted by molar-refractivity contribution is 6.05. The number of H-pyrrole nitrogens is 1. The Balaban J connectivity index is 0.00000272. The van der Waals surface area contributed by atoms with E-state index in [9.17, 15) is 14.4 Å². The third-order valence-corrected chi connectivity index (χ3v) is 14.2. The molecule has 2 N–H and O–H groups in total. The van der Waals surface area contributed by atoms with Crippen LogP contribution in [0.15, 0.2) is 42.7 Å². The highest BCUT2D eigenvalue weighted by Gasteiger charge is 2.42. The van der Waals surface area contributed by atoms with Crippen molar-refractivity contribution in [1.29, 1.82) is 0 Å². The Labute approximate surface area is 358 Å². The van der Waals surface area contributed by atoms with E-state index in [2.05, 4.69) is 68.1 Å². The highest BCUT2D eigenvalue weighted by atomic mass is 19.1. The van der Waals surface area contributed by atoms with E-state index in [1.165, 1.54) is 4.90 Å². The minimum absolute atomic E-state index is 0. The lowest BCUT2D eigenvalue weighted by atomic mass is 9.85. The Hall–Kier alpha value is -5.15. The van der Waals surface area contributed by atoms with Gasteiger partial charge in [0, 0.05) is 76.7 Å². The van der Waals surface area contributed by atoms with E-state index in [0.29, 0.717) is 35.8 Å². The van der Waals surface area contributed by atoms with Crippen LogP contribution in [0.1, 0.15) is 104 Å². The molecule has 0 bridgehead atoms. The average molecular weight is 838 g/mol. The molecule has 3 amide bonds. The number of rotatable bonds is 10. The van der Waals surface area contributed by atoms with E-state index in [1.54, 1.807) is 18.5 Å². The maximum atomic E-state index is 16.0. The molecule has 1 atom stereocenters. The Kier molecular flexibility index (Phi) is 10.2. The number of piperazine rings is 1. The monoisotopic (exact) mass is 837 g/mol. The standard InChI is InChI=1S/C46H56FN9O5.2H2/c1-45(2)26-54(39-23-36(48-27-49-39)42-33-22-31(61-46(3)16-17-46)8-10-35(33)51-52-42)20-21-55(45)24-28-4-6-29(7-5-28)60-30-14-18-53(19-15-30)37-11-9-32-34(41(37)47)25-56(44(32)59)38-12-13-40(57)50-43(38)58;;/h8-11,22-23,27-30,38H,4-7,12-21,24-26H2,1-3H3,(H,51,52)(H,50,57,58);2*1H. The second-order valence-corrected chi connectivity index (χ2v) is 19.1. The van der Waals surface area contributed by atoms with Crippen molar-refractivity contribution in [3.05, 3.63) is 59.7 Å². The van der Waals surface area contributed by atoms with Gasteiger partial charge in [0.1, 0.15) is 35.2 Å². The number of anilines is 2. The summed E-state index contributed by atoms with van der Waals surface area (Å²) < 4.78 is 28.9. The van der Waals surface area contributed by atoms with Gasteiger partial charge in [-0.1, -0.05) is 0 Å². The third-order valence-electron chi connectivity index (χ3n) is 14.2. The number of amides is 3. The quantitative estimate of drug-likeness (QED) is 0.169. The average Bonchev–Trinajstić information content (AvgIpc) is 3.66. The molecule has 3 saturated heterocycles. The van der Waals surface area contributed by atoms with Crippen molar-refractivity contribution in [3.63, 3.8) is 0 Å². The fourth-order valence-corrected chi connectivity index (χ4v) is 10.3. The number of benzene rings is 2. The van der Waals surface area contributed by atoms with Crippen LogP contribution in [0.3, 0.4) is 0 Å². The molecule has 0 radical (unpaired) electrons. The van der Waals surface area contributed by atoms with Crippen molar-refractivity contribution in [1.82, 2.24) is 35.3 Å². The largest absolute Gasteiger partial charge is 0.488 e. The van der Waals surface area contributed by atoms with Crippen molar-refractivity contribution in [2.24, 2.45) is 5.92 Å². The molecular formula is C46H60FN9O5. The summed E-state index contributed by atoms with van der Waals surface area (Å²) in [7, 11) is 0. The number of nitrogens with one attached hydrogen (secondary N) is 2. The molecule has 2 aromatic carbocycles. The molecule has 10 rings (SSSR count). The number of nitrogens with zero attached hydrogens (tertiary/aromatic N) is 7. The molecule has 6 aliphatic rings. The zero-order chi connectivity index (χ0) is 42.0. The van der Waals surface area contributed by atoms with E-state index in [-0.39, 0.29) is 57.4 Å². The molecule has 4 aromatic rings. The van der Waals surface area contributed by atoms with Gasteiger partial charge < -0.3 is 24.2 Å². The molecule has 0 spiro atoms. The van der Waals surface area contributed by atoms with Crippen molar-refractivity contribution >= 4 is 40.1 Å². The van der Waals surface area contributed by atoms with Crippen LogP contribution in [-0.4, -0.2) is 116 Å². The van der Waals surface area contributed by atoms with Gasteiger partial charge in [-0.05, 0) is 115 Å². The van der Waals surface area contributed by atoms with Gasteiger partial charge in [0.25, 0.3) is 5.91 Å². The van der Waals surface area contributed by atoms with Gasteiger partial charge in [0.15, 0.2) is 5.82 Å². The normalized spacial score (nSPS) is 25.5. The number of hydrogen-bond acceptors (Lipinski definition) is 11. The van der Waals surface area contributed by atoms with Crippen molar-refractivity contribution in [2.75, 3.05) is 49.1 Å². The number of aromatic nitrogens is 4.